The summed E-state index contributed by atoms with van der Waals surface area (Å²) >= 11 is 1.28. The van der Waals surface area contributed by atoms with Crippen LogP contribution in [0.15, 0.2) is 71.1 Å². The van der Waals surface area contributed by atoms with Gasteiger partial charge >= 0.3 is 0 Å². The minimum atomic E-state index is -0.476. The zero-order valence-electron chi connectivity index (χ0n) is 16.6. The zero-order valence-corrected chi connectivity index (χ0v) is 17.4. The van der Waals surface area contributed by atoms with Crippen molar-refractivity contribution >= 4 is 38.8 Å². The van der Waals surface area contributed by atoms with Crippen molar-refractivity contribution in [3.8, 4) is 11.1 Å². The fourth-order valence-electron chi connectivity index (χ4n) is 3.42. The van der Waals surface area contributed by atoms with E-state index in [4.69, 9.17) is 0 Å². The second-order valence-corrected chi connectivity index (χ2v) is 7.65. The number of carbonyl (C=O) groups is 1. The number of nitro benzene ring substituents is 1. The molecule has 156 valence electrons. The van der Waals surface area contributed by atoms with Gasteiger partial charge in [-0.05, 0) is 24.6 Å². The Morgan fingerprint density at radius 2 is 1.97 bits per heavy atom. The summed E-state index contributed by atoms with van der Waals surface area (Å²) in [7, 11) is 0. The van der Waals surface area contributed by atoms with Gasteiger partial charge in [-0.2, -0.15) is 0 Å². The minimum absolute atomic E-state index is 0.0577. The maximum absolute atomic E-state index is 13.2. The number of hydrogen-bond donors (Lipinski definition) is 0. The van der Waals surface area contributed by atoms with Crippen LogP contribution in [0.4, 0.5) is 11.4 Å². The summed E-state index contributed by atoms with van der Waals surface area (Å²) in [5, 5.41) is 13.2. The Balaban J connectivity index is 1.72. The fourth-order valence-corrected chi connectivity index (χ4v) is 4.33. The lowest BCUT2D eigenvalue weighted by molar-refractivity contribution is -0.384. The van der Waals surface area contributed by atoms with Crippen molar-refractivity contribution in [1.29, 1.82) is 0 Å². The molecule has 0 aliphatic heterocycles. The van der Waals surface area contributed by atoms with Crippen molar-refractivity contribution in [2.75, 3.05) is 11.4 Å². The van der Waals surface area contributed by atoms with Crippen molar-refractivity contribution in [3.63, 3.8) is 0 Å². The highest BCUT2D eigenvalue weighted by molar-refractivity contribution is 7.17. The van der Waals surface area contributed by atoms with Gasteiger partial charge in [-0.3, -0.25) is 24.3 Å². The number of benzene rings is 2. The van der Waals surface area contributed by atoms with E-state index in [1.807, 2.05) is 37.3 Å². The second kappa shape index (κ2) is 8.49. The van der Waals surface area contributed by atoms with Crippen LogP contribution in [0, 0.1) is 10.1 Å². The molecule has 0 saturated carbocycles. The van der Waals surface area contributed by atoms with Crippen LogP contribution in [0.25, 0.3) is 21.3 Å². The highest BCUT2D eigenvalue weighted by atomic mass is 32.1. The third-order valence-corrected chi connectivity index (χ3v) is 5.81. The number of aromatic nitrogens is 2. The Morgan fingerprint density at radius 1 is 1.19 bits per heavy atom. The smallest absolute Gasteiger partial charge is 0.270 e. The predicted molar refractivity (Wildman–Crippen MR) is 120 cm³/mol. The average Bonchev–Trinajstić information content (AvgIpc) is 3.22. The Morgan fingerprint density at radius 3 is 2.68 bits per heavy atom. The van der Waals surface area contributed by atoms with E-state index in [-0.39, 0.29) is 23.7 Å². The molecule has 4 aromatic rings. The van der Waals surface area contributed by atoms with Crippen LogP contribution in [0.3, 0.4) is 0 Å². The first-order chi connectivity index (χ1) is 15.0. The second-order valence-electron chi connectivity index (χ2n) is 6.79. The molecule has 1 amide bonds. The average molecular weight is 434 g/mol. The third-order valence-electron chi connectivity index (χ3n) is 4.92. The number of non-ortho nitro benzene ring substituents is 1. The first-order valence-corrected chi connectivity index (χ1v) is 10.4. The first kappa shape index (κ1) is 20.4. The third kappa shape index (κ3) is 3.95. The van der Waals surface area contributed by atoms with Crippen molar-refractivity contribution in [1.82, 2.24) is 9.55 Å². The SMILES string of the molecule is CCN(C(=O)Cn1cnc2scc(-c3cccc([N+](=O)[O-])c3)c2c1=O)c1ccccc1. The fraction of sp³-hybridized carbons (Fsp3) is 0.136. The van der Waals surface area contributed by atoms with Crippen LogP contribution >= 0.6 is 11.3 Å². The van der Waals surface area contributed by atoms with Crippen molar-refractivity contribution in [2.45, 2.75) is 13.5 Å². The maximum Gasteiger partial charge on any atom is 0.270 e. The Bertz CT molecular complexity index is 1330. The largest absolute Gasteiger partial charge is 0.311 e. The Kier molecular flexibility index (Phi) is 5.59. The molecule has 0 fully saturated rings. The molecule has 9 heteroatoms. The molecule has 0 saturated heterocycles. The summed E-state index contributed by atoms with van der Waals surface area (Å²) in [4.78, 5) is 43.2. The van der Waals surface area contributed by atoms with E-state index in [9.17, 15) is 19.7 Å². The van der Waals surface area contributed by atoms with E-state index < -0.39 is 4.92 Å². The van der Waals surface area contributed by atoms with Gasteiger partial charge in [0.15, 0.2) is 0 Å². The lowest BCUT2D eigenvalue weighted by Crippen LogP contribution is -2.36. The van der Waals surface area contributed by atoms with Crippen LogP contribution in [0.1, 0.15) is 6.92 Å². The van der Waals surface area contributed by atoms with Crippen LogP contribution in [-0.2, 0) is 11.3 Å². The molecule has 0 radical (unpaired) electrons. The van der Waals surface area contributed by atoms with Crippen molar-refractivity contribution in [3.05, 3.63) is 86.8 Å². The summed E-state index contributed by atoms with van der Waals surface area (Å²) in [6.07, 6.45) is 1.37. The molecular weight excluding hydrogens is 416 g/mol. The van der Waals surface area contributed by atoms with E-state index in [1.165, 1.54) is 34.4 Å². The lowest BCUT2D eigenvalue weighted by Gasteiger charge is -2.21. The Labute approximate surface area is 181 Å². The molecule has 0 unspecified atom stereocenters. The molecule has 4 rings (SSSR count). The van der Waals surface area contributed by atoms with Crippen molar-refractivity contribution in [2.24, 2.45) is 0 Å². The number of rotatable bonds is 6. The van der Waals surface area contributed by atoms with Gasteiger partial charge in [0.2, 0.25) is 5.91 Å². The molecule has 2 heterocycles. The summed E-state index contributed by atoms with van der Waals surface area (Å²) in [6.45, 7) is 2.17. The van der Waals surface area contributed by atoms with Gasteiger partial charge in [0.05, 0.1) is 16.6 Å². The summed E-state index contributed by atoms with van der Waals surface area (Å²) < 4.78 is 1.28. The molecule has 2 aromatic heterocycles. The molecule has 31 heavy (non-hydrogen) atoms. The van der Waals surface area contributed by atoms with Gasteiger partial charge in [0.1, 0.15) is 11.4 Å². The highest BCUT2D eigenvalue weighted by Crippen LogP contribution is 2.32. The molecule has 0 aliphatic rings. The number of para-hydroxylation sites is 1. The number of hydrogen-bond acceptors (Lipinski definition) is 6. The molecular formula is C22H18N4O4S. The molecule has 2 aromatic carbocycles. The zero-order chi connectivity index (χ0) is 22.0. The van der Waals surface area contributed by atoms with Gasteiger partial charge in [-0.25, -0.2) is 4.98 Å². The van der Waals surface area contributed by atoms with Gasteiger partial charge < -0.3 is 4.90 Å². The summed E-state index contributed by atoms with van der Waals surface area (Å²) in [5.41, 5.74) is 1.47. The van der Waals surface area contributed by atoms with E-state index in [0.29, 0.717) is 27.9 Å². The molecule has 0 bridgehead atoms. The van der Waals surface area contributed by atoms with E-state index in [1.54, 1.807) is 22.4 Å². The highest BCUT2D eigenvalue weighted by Gasteiger charge is 2.19. The standard InChI is InChI=1S/C22H18N4O4S/c1-2-25(16-8-4-3-5-9-16)19(27)12-24-14-23-21-20(22(24)28)18(13-31-21)15-7-6-10-17(11-15)26(29)30/h3-11,13-14H,2,12H2,1H3. The lowest BCUT2D eigenvalue weighted by atomic mass is 10.1. The van der Waals surface area contributed by atoms with Crippen LogP contribution < -0.4 is 10.5 Å². The van der Waals surface area contributed by atoms with Crippen molar-refractivity contribution < 1.29 is 9.72 Å². The van der Waals surface area contributed by atoms with Gasteiger partial charge in [0, 0.05) is 35.3 Å². The summed E-state index contributed by atoms with van der Waals surface area (Å²) in [5.74, 6) is -0.232. The van der Waals surface area contributed by atoms with Crippen LogP contribution in [0.5, 0.6) is 0 Å². The van der Waals surface area contributed by atoms with Gasteiger partial charge in [-0.1, -0.05) is 30.3 Å². The Hall–Kier alpha value is -3.85. The molecule has 0 aliphatic carbocycles. The minimum Gasteiger partial charge on any atom is -0.311 e. The number of thiophene rings is 1. The number of nitro groups is 1. The number of anilines is 1. The van der Waals surface area contributed by atoms with E-state index in [2.05, 4.69) is 4.98 Å². The molecule has 0 N–H and O–H groups in total. The maximum atomic E-state index is 13.2. The number of likely N-dealkylation sites (N-methyl/N-ethyl adjacent to an activating group) is 1. The normalized spacial score (nSPS) is 10.9. The number of carbonyl (C=O) groups excluding carboxylic acids is 1. The number of nitrogens with zero attached hydrogens (tertiary/aromatic N) is 4. The molecule has 0 spiro atoms. The molecule has 8 nitrogen and oxygen atoms in total. The van der Waals surface area contributed by atoms with E-state index >= 15 is 0 Å². The number of fused-ring (bicyclic) bond motifs is 1. The van der Waals surface area contributed by atoms with Gasteiger partial charge in [0.25, 0.3) is 11.2 Å². The molecule has 0 atom stereocenters. The van der Waals surface area contributed by atoms with Crippen LogP contribution in [-0.4, -0.2) is 26.9 Å². The predicted octanol–water partition coefficient (Wildman–Crippen LogP) is 4.09. The topological polar surface area (TPSA) is 98.3 Å². The first-order valence-electron chi connectivity index (χ1n) is 9.56. The quantitative estimate of drug-likeness (QED) is 0.336. The number of amides is 1. The van der Waals surface area contributed by atoms with Gasteiger partial charge in [-0.15, -0.1) is 11.3 Å². The monoisotopic (exact) mass is 434 g/mol. The van der Waals surface area contributed by atoms with Crippen LogP contribution in [0.2, 0.25) is 0 Å². The van der Waals surface area contributed by atoms with E-state index in [0.717, 1.165) is 5.69 Å². The summed E-state index contributed by atoms with van der Waals surface area (Å²) in [6, 6.07) is 15.4.